The molecule has 1 unspecified atom stereocenters. The SMILES string of the molecule is CC(C)(C)OC(=O)NC1CCCC(C(=O)O)=C1C(=O)O. The Balaban J connectivity index is 2.93. The van der Waals surface area contributed by atoms with Gasteiger partial charge in [0.15, 0.2) is 0 Å². The number of carbonyl (C=O) groups is 3. The van der Waals surface area contributed by atoms with Crippen LogP contribution in [0.2, 0.25) is 0 Å². The lowest BCUT2D eigenvalue weighted by Gasteiger charge is -2.27. The molecular weight excluding hydrogens is 266 g/mol. The molecule has 1 rings (SSSR count). The van der Waals surface area contributed by atoms with Crippen LogP contribution in [0, 0.1) is 0 Å². The van der Waals surface area contributed by atoms with Crippen molar-refractivity contribution >= 4 is 18.0 Å². The molecule has 1 atom stereocenters. The number of carboxylic acids is 2. The van der Waals surface area contributed by atoms with Gasteiger partial charge >= 0.3 is 18.0 Å². The maximum absolute atomic E-state index is 11.7. The first kappa shape index (κ1) is 16.0. The Morgan fingerprint density at radius 1 is 1.20 bits per heavy atom. The monoisotopic (exact) mass is 285 g/mol. The summed E-state index contributed by atoms with van der Waals surface area (Å²) >= 11 is 0. The van der Waals surface area contributed by atoms with E-state index >= 15 is 0 Å². The molecule has 0 fully saturated rings. The summed E-state index contributed by atoms with van der Waals surface area (Å²) in [5, 5.41) is 20.6. The van der Waals surface area contributed by atoms with Crippen LogP contribution in [0.25, 0.3) is 0 Å². The highest BCUT2D eigenvalue weighted by atomic mass is 16.6. The minimum atomic E-state index is -1.33. The fraction of sp³-hybridized carbons (Fsp3) is 0.615. The summed E-state index contributed by atoms with van der Waals surface area (Å²) in [5.74, 6) is -2.60. The van der Waals surface area contributed by atoms with E-state index in [0.29, 0.717) is 12.8 Å². The molecule has 0 saturated heterocycles. The third-order valence-corrected chi connectivity index (χ3v) is 2.77. The molecule has 0 aliphatic heterocycles. The van der Waals surface area contributed by atoms with Crippen LogP contribution in [0.15, 0.2) is 11.1 Å². The molecule has 0 saturated carbocycles. The van der Waals surface area contributed by atoms with Gasteiger partial charge < -0.3 is 20.3 Å². The Bertz CT molecular complexity index is 460. The minimum Gasteiger partial charge on any atom is -0.478 e. The molecular formula is C13H19NO6. The normalized spacial score (nSPS) is 19.4. The zero-order valence-corrected chi connectivity index (χ0v) is 11.7. The Labute approximate surface area is 116 Å². The summed E-state index contributed by atoms with van der Waals surface area (Å²) in [6.07, 6.45) is 0.299. The number of nitrogens with one attached hydrogen (secondary N) is 1. The van der Waals surface area contributed by atoms with Crippen molar-refractivity contribution in [2.24, 2.45) is 0 Å². The molecule has 0 spiro atoms. The predicted octanol–water partition coefficient (Wildman–Crippen LogP) is 1.53. The minimum absolute atomic E-state index is 0.162. The number of ether oxygens (including phenoxy) is 1. The van der Waals surface area contributed by atoms with Gasteiger partial charge in [0.25, 0.3) is 0 Å². The van der Waals surface area contributed by atoms with E-state index in [2.05, 4.69) is 5.32 Å². The topological polar surface area (TPSA) is 113 Å². The molecule has 3 N–H and O–H groups in total. The summed E-state index contributed by atoms with van der Waals surface area (Å²) in [4.78, 5) is 34.0. The molecule has 7 heteroatoms. The van der Waals surface area contributed by atoms with Crippen LogP contribution in [0.3, 0.4) is 0 Å². The number of carbonyl (C=O) groups excluding carboxylic acids is 1. The van der Waals surface area contributed by atoms with Crippen LogP contribution in [0.5, 0.6) is 0 Å². The third kappa shape index (κ3) is 4.25. The third-order valence-electron chi connectivity index (χ3n) is 2.77. The molecule has 112 valence electrons. The predicted molar refractivity (Wildman–Crippen MR) is 69.3 cm³/mol. The highest BCUT2D eigenvalue weighted by Gasteiger charge is 2.33. The molecule has 1 amide bonds. The van der Waals surface area contributed by atoms with E-state index in [1.807, 2.05) is 0 Å². The first-order chi connectivity index (χ1) is 9.11. The maximum atomic E-state index is 11.7. The number of aliphatic carboxylic acids is 2. The smallest absolute Gasteiger partial charge is 0.408 e. The van der Waals surface area contributed by atoms with E-state index in [9.17, 15) is 14.4 Å². The van der Waals surface area contributed by atoms with E-state index in [-0.39, 0.29) is 17.6 Å². The highest BCUT2D eigenvalue weighted by Crippen LogP contribution is 2.26. The summed E-state index contributed by atoms with van der Waals surface area (Å²) < 4.78 is 5.05. The number of amides is 1. The number of hydrogen-bond acceptors (Lipinski definition) is 4. The summed E-state index contributed by atoms with van der Waals surface area (Å²) in [6, 6.07) is -0.845. The largest absolute Gasteiger partial charge is 0.478 e. The first-order valence-corrected chi connectivity index (χ1v) is 6.31. The second-order valence-corrected chi connectivity index (χ2v) is 5.59. The lowest BCUT2D eigenvalue weighted by molar-refractivity contribution is -0.136. The number of hydrogen-bond donors (Lipinski definition) is 3. The maximum Gasteiger partial charge on any atom is 0.408 e. The molecule has 0 aromatic rings. The molecule has 7 nitrogen and oxygen atoms in total. The van der Waals surface area contributed by atoms with Gasteiger partial charge in [-0.2, -0.15) is 0 Å². The molecule has 0 aromatic heterocycles. The van der Waals surface area contributed by atoms with Crippen molar-refractivity contribution in [1.29, 1.82) is 0 Å². The van der Waals surface area contributed by atoms with Crippen molar-refractivity contribution < 1.29 is 29.3 Å². The van der Waals surface area contributed by atoms with E-state index in [4.69, 9.17) is 14.9 Å². The van der Waals surface area contributed by atoms with E-state index in [1.54, 1.807) is 20.8 Å². The molecule has 0 aromatic carbocycles. The second-order valence-electron chi connectivity index (χ2n) is 5.59. The highest BCUT2D eigenvalue weighted by molar-refractivity contribution is 6.00. The molecule has 0 bridgehead atoms. The van der Waals surface area contributed by atoms with Crippen molar-refractivity contribution in [3.05, 3.63) is 11.1 Å². The quantitative estimate of drug-likeness (QED) is 0.724. The number of rotatable bonds is 3. The zero-order chi connectivity index (χ0) is 15.5. The van der Waals surface area contributed by atoms with Crippen LogP contribution in [0.4, 0.5) is 4.79 Å². The van der Waals surface area contributed by atoms with Gasteiger partial charge in [0.05, 0.1) is 11.6 Å². The van der Waals surface area contributed by atoms with E-state index in [1.165, 1.54) is 0 Å². The second kappa shape index (κ2) is 5.94. The number of carboxylic acid groups (broad SMARTS) is 2. The summed E-state index contributed by atoms with van der Waals surface area (Å²) in [7, 11) is 0. The van der Waals surface area contributed by atoms with Gasteiger partial charge in [-0.25, -0.2) is 14.4 Å². The number of alkyl carbamates (subject to hydrolysis) is 1. The molecule has 1 aliphatic rings. The van der Waals surface area contributed by atoms with Gasteiger partial charge in [-0.15, -0.1) is 0 Å². The van der Waals surface area contributed by atoms with Crippen LogP contribution in [-0.2, 0) is 14.3 Å². The Hall–Kier alpha value is -2.05. The van der Waals surface area contributed by atoms with Crippen molar-refractivity contribution in [2.75, 3.05) is 0 Å². The fourth-order valence-corrected chi connectivity index (χ4v) is 2.07. The van der Waals surface area contributed by atoms with Gasteiger partial charge in [-0.1, -0.05) is 0 Å². The van der Waals surface area contributed by atoms with Crippen molar-refractivity contribution in [3.8, 4) is 0 Å². The lowest BCUT2D eigenvalue weighted by atomic mass is 9.87. The average Bonchev–Trinajstić information content (AvgIpc) is 2.25. The van der Waals surface area contributed by atoms with Gasteiger partial charge in [-0.05, 0) is 40.0 Å². The average molecular weight is 285 g/mol. The van der Waals surface area contributed by atoms with Crippen LogP contribution < -0.4 is 5.32 Å². The molecule has 1 aliphatic carbocycles. The van der Waals surface area contributed by atoms with Crippen LogP contribution >= 0.6 is 0 Å². The standard InChI is InChI=1S/C13H19NO6/c1-13(2,3)20-12(19)14-8-6-4-5-7(10(15)16)9(8)11(17)18/h8H,4-6H2,1-3H3,(H,14,19)(H,15,16)(H,17,18). The van der Waals surface area contributed by atoms with Crippen molar-refractivity contribution in [2.45, 2.75) is 51.7 Å². The molecule has 20 heavy (non-hydrogen) atoms. The lowest BCUT2D eigenvalue weighted by Crippen LogP contribution is -2.43. The van der Waals surface area contributed by atoms with Gasteiger partial charge in [-0.3, -0.25) is 0 Å². The summed E-state index contributed by atoms with van der Waals surface area (Å²) in [6.45, 7) is 5.05. The summed E-state index contributed by atoms with van der Waals surface area (Å²) in [5.41, 5.74) is -1.14. The molecule has 0 radical (unpaired) electrons. The van der Waals surface area contributed by atoms with Crippen molar-refractivity contribution in [1.82, 2.24) is 5.32 Å². The molecule has 0 heterocycles. The van der Waals surface area contributed by atoms with E-state index < -0.39 is 29.7 Å². The Morgan fingerprint density at radius 3 is 2.25 bits per heavy atom. The van der Waals surface area contributed by atoms with Crippen molar-refractivity contribution in [3.63, 3.8) is 0 Å². The Kier molecular flexibility index (Phi) is 4.75. The fourth-order valence-electron chi connectivity index (χ4n) is 2.07. The van der Waals surface area contributed by atoms with E-state index in [0.717, 1.165) is 0 Å². The first-order valence-electron chi connectivity index (χ1n) is 6.31. The van der Waals surface area contributed by atoms with Gasteiger partial charge in [0.2, 0.25) is 0 Å². The van der Waals surface area contributed by atoms with Gasteiger partial charge in [0, 0.05) is 5.57 Å². The Morgan fingerprint density at radius 2 is 1.80 bits per heavy atom. The zero-order valence-electron chi connectivity index (χ0n) is 11.7. The van der Waals surface area contributed by atoms with Crippen LogP contribution in [0.1, 0.15) is 40.0 Å². The van der Waals surface area contributed by atoms with Gasteiger partial charge in [0.1, 0.15) is 5.60 Å². The van der Waals surface area contributed by atoms with Crippen LogP contribution in [-0.4, -0.2) is 39.9 Å².